The third kappa shape index (κ3) is 5.46. The SMILES string of the molecule is CCOC(=O)CC(=O)/C=C/OC. The summed E-state index contributed by atoms with van der Waals surface area (Å²) in [6, 6.07) is 0. The van der Waals surface area contributed by atoms with Gasteiger partial charge in [-0.1, -0.05) is 0 Å². The van der Waals surface area contributed by atoms with Crippen LogP contribution in [0.1, 0.15) is 13.3 Å². The van der Waals surface area contributed by atoms with Crippen LogP contribution in [0.3, 0.4) is 0 Å². The Balaban J connectivity index is 3.69. The maximum atomic E-state index is 10.8. The molecule has 0 fully saturated rings. The molecule has 0 aliphatic rings. The van der Waals surface area contributed by atoms with Crippen LogP contribution in [0.15, 0.2) is 12.3 Å². The average Bonchev–Trinajstić information content (AvgIpc) is 2.01. The number of esters is 1. The number of hydrogen-bond acceptors (Lipinski definition) is 4. The predicted molar refractivity (Wildman–Crippen MR) is 42.4 cm³/mol. The molecular formula is C8H12O4. The minimum absolute atomic E-state index is 0.228. The van der Waals surface area contributed by atoms with Crippen LogP contribution in [-0.4, -0.2) is 25.5 Å². The van der Waals surface area contributed by atoms with Crippen molar-refractivity contribution in [2.45, 2.75) is 13.3 Å². The summed E-state index contributed by atoms with van der Waals surface area (Å²) in [5.41, 5.74) is 0. The van der Waals surface area contributed by atoms with Crippen molar-refractivity contribution in [3.05, 3.63) is 12.3 Å². The first-order valence-electron chi connectivity index (χ1n) is 3.58. The molecule has 0 heterocycles. The van der Waals surface area contributed by atoms with E-state index in [-0.39, 0.29) is 12.2 Å². The van der Waals surface area contributed by atoms with Crippen molar-refractivity contribution in [3.8, 4) is 0 Å². The molecule has 0 radical (unpaired) electrons. The van der Waals surface area contributed by atoms with Crippen molar-refractivity contribution in [2.24, 2.45) is 0 Å². The number of carbonyl (C=O) groups is 2. The summed E-state index contributed by atoms with van der Waals surface area (Å²) in [5.74, 6) is -0.835. The molecule has 0 aromatic heterocycles. The van der Waals surface area contributed by atoms with Crippen molar-refractivity contribution in [3.63, 3.8) is 0 Å². The minimum atomic E-state index is -0.511. The molecular weight excluding hydrogens is 160 g/mol. The van der Waals surface area contributed by atoms with Gasteiger partial charge in [0.15, 0.2) is 5.78 Å². The lowest BCUT2D eigenvalue weighted by atomic mass is 10.3. The second-order valence-corrected chi connectivity index (χ2v) is 1.99. The highest BCUT2D eigenvalue weighted by Crippen LogP contribution is 1.90. The fraction of sp³-hybridized carbons (Fsp3) is 0.500. The van der Waals surface area contributed by atoms with Gasteiger partial charge in [-0.2, -0.15) is 0 Å². The number of methoxy groups -OCH3 is 1. The number of allylic oxidation sites excluding steroid dienone is 1. The number of ether oxygens (including phenoxy) is 2. The van der Waals surface area contributed by atoms with Gasteiger partial charge in [-0.15, -0.1) is 0 Å². The van der Waals surface area contributed by atoms with E-state index in [1.807, 2.05) is 0 Å². The Labute approximate surface area is 71.2 Å². The van der Waals surface area contributed by atoms with E-state index in [4.69, 9.17) is 0 Å². The summed E-state index contributed by atoms with van der Waals surface area (Å²) in [6.07, 6.45) is 2.19. The zero-order valence-corrected chi connectivity index (χ0v) is 7.20. The lowest BCUT2D eigenvalue weighted by Gasteiger charge is -1.97. The number of rotatable bonds is 5. The van der Waals surface area contributed by atoms with E-state index in [2.05, 4.69) is 9.47 Å². The van der Waals surface area contributed by atoms with E-state index in [0.29, 0.717) is 6.61 Å². The van der Waals surface area contributed by atoms with E-state index >= 15 is 0 Å². The van der Waals surface area contributed by atoms with Gasteiger partial charge >= 0.3 is 5.97 Å². The van der Waals surface area contributed by atoms with Crippen molar-refractivity contribution in [2.75, 3.05) is 13.7 Å². The maximum absolute atomic E-state index is 10.8. The van der Waals surface area contributed by atoms with Gasteiger partial charge in [-0.25, -0.2) is 0 Å². The van der Waals surface area contributed by atoms with E-state index < -0.39 is 5.97 Å². The molecule has 0 atom stereocenters. The Morgan fingerprint density at radius 2 is 2.08 bits per heavy atom. The fourth-order valence-electron chi connectivity index (χ4n) is 0.557. The Hall–Kier alpha value is -1.32. The normalized spacial score (nSPS) is 9.83. The Bertz CT molecular complexity index is 183. The Morgan fingerprint density at radius 3 is 2.58 bits per heavy atom. The maximum Gasteiger partial charge on any atom is 0.313 e. The molecule has 0 unspecified atom stereocenters. The quantitative estimate of drug-likeness (QED) is 0.265. The highest BCUT2D eigenvalue weighted by atomic mass is 16.5. The first-order valence-corrected chi connectivity index (χ1v) is 3.58. The monoisotopic (exact) mass is 172 g/mol. The molecule has 0 saturated heterocycles. The smallest absolute Gasteiger partial charge is 0.313 e. The molecule has 0 rings (SSSR count). The molecule has 0 saturated carbocycles. The van der Waals surface area contributed by atoms with Crippen molar-refractivity contribution in [1.82, 2.24) is 0 Å². The third-order valence-electron chi connectivity index (χ3n) is 1.01. The molecule has 12 heavy (non-hydrogen) atoms. The summed E-state index contributed by atoms with van der Waals surface area (Å²) < 4.78 is 9.06. The molecule has 4 nitrogen and oxygen atoms in total. The van der Waals surface area contributed by atoms with Crippen LogP contribution in [0.5, 0.6) is 0 Å². The topological polar surface area (TPSA) is 52.6 Å². The second-order valence-electron chi connectivity index (χ2n) is 1.99. The van der Waals surface area contributed by atoms with Gasteiger partial charge in [-0.05, 0) is 6.92 Å². The van der Waals surface area contributed by atoms with Crippen molar-refractivity contribution in [1.29, 1.82) is 0 Å². The number of carbonyl (C=O) groups excluding carboxylic acids is 2. The average molecular weight is 172 g/mol. The second kappa shape index (κ2) is 6.39. The highest BCUT2D eigenvalue weighted by molar-refractivity contribution is 6.01. The standard InChI is InChI=1S/C8H12O4/c1-3-12-8(10)6-7(9)4-5-11-2/h4-5H,3,6H2,1-2H3/b5-4+. The molecule has 0 aromatic carbocycles. The van der Waals surface area contributed by atoms with Gasteiger partial charge in [0.25, 0.3) is 0 Å². The first-order chi connectivity index (χ1) is 5.70. The Kier molecular flexibility index (Phi) is 5.69. The summed E-state index contributed by atoms with van der Waals surface area (Å²) >= 11 is 0. The molecule has 0 spiro atoms. The van der Waals surface area contributed by atoms with E-state index in [0.717, 1.165) is 0 Å². The van der Waals surface area contributed by atoms with Crippen LogP contribution in [0.2, 0.25) is 0 Å². The van der Waals surface area contributed by atoms with Gasteiger partial charge < -0.3 is 9.47 Å². The van der Waals surface area contributed by atoms with E-state index in [1.165, 1.54) is 19.4 Å². The molecule has 0 aromatic rings. The molecule has 68 valence electrons. The number of hydrogen-bond donors (Lipinski definition) is 0. The first kappa shape index (κ1) is 10.7. The summed E-state index contributed by atoms with van der Waals surface area (Å²) in [7, 11) is 1.42. The molecule has 0 aliphatic carbocycles. The predicted octanol–water partition coefficient (Wildman–Crippen LogP) is 0.669. The lowest BCUT2D eigenvalue weighted by Crippen LogP contribution is -2.09. The molecule has 0 N–H and O–H groups in total. The van der Waals surface area contributed by atoms with Gasteiger partial charge in [0, 0.05) is 6.08 Å². The zero-order valence-electron chi connectivity index (χ0n) is 7.20. The van der Waals surface area contributed by atoms with Crippen LogP contribution < -0.4 is 0 Å². The molecule has 0 amide bonds. The highest BCUT2D eigenvalue weighted by Gasteiger charge is 2.06. The van der Waals surface area contributed by atoms with Crippen LogP contribution in [-0.2, 0) is 19.1 Å². The van der Waals surface area contributed by atoms with Gasteiger partial charge in [0.05, 0.1) is 20.0 Å². The van der Waals surface area contributed by atoms with E-state index in [1.54, 1.807) is 6.92 Å². The van der Waals surface area contributed by atoms with Crippen molar-refractivity contribution >= 4 is 11.8 Å². The zero-order chi connectivity index (χ0) is 9.40. The lowest BCUT2D eigenvalue weighted by molar-refractivity contribution is -0.144. The van der Waals surface area contributed by atoms with Crippen molar-refractivity contribution < 1.29 is 19.1 Å². The van der Waals surface area contributed by atoms with Crippen LogP contribution in [0, 0.1) is 0 Å². The summed E-state index contributed by atoms with van der Waals surface area (Å²) in [6.45, 7) is 1.98. The number of ketones is 1. The Morgan fingerprint density at radius 1 is 1.42 bits per heavy atom. The summed E-state index contributed by atoms with van der Waals surface area (Å²) in [4.78, 5) is 21.5. The minimum Gasteiger partial charge on any atom is -0.504 e. The molecule has 4 heteroatoms. The largest absolute Gasteiger partial charge is 0.504 e. The van der Waals surface area contributed by atoms with Gasteiger partial charge in [0.1, 0.15) is 6.42 Å². The molecule has 0 aliphatic heterocycles. The molecule has 0 bridgehead atoms. The van der Waals surface area contributed by atoms with Gasteiger partial charge in [-0.3, -0.25) is 9.59 Å². The third-order valence-corrected chi connectivity index (χ3v) is 1.01. The van der Waals surface area contributed by atoms with E-state index in [9.17, 15) is 9.59 Å². The van der Waals surface area contributed by atoms with Crippen LogP contribution >= 0.6 is 0 Å². The van der Waals surface area contributed by atoms with Crippen LogP contribution in [0.4, 0.5) is 0 Å². The fourth-order valence-corrected chi connectivity index (χ4v) is 0.557. The van der Waals surface area contributed by atoms with Gasteiger partial charge in [0.2, 0.25) is 0 Å². The summed E-state index contributed by atoms with van der Waals surface area (Å²) in [5, 5.41) is 0. The van der Waals surface area contributed by atoms with Crippen LogP contribution in [0.25, 0.3) is 0 Å².